The van der Waals surface area contributed by atoms with Crippen molar-refractivity contribution in [2.75, 3.05) is 5.32 Å². The Balaban J connectivity index is 2.31. The van der Waals surface area contributed by atoms with E-state index in [0.29, 0.717) is 12.1 Å². The van der Waals surface area contributed by atoms with Crippen LogP contribution in [-0.2, 0) is 4.79 Å². The van der Waals surface area contributed by atoms with E-state index >= 15 is 0 Å². The summed E-state index contributed by atoms with van der Waals surface area (Å²) in [6.07, 6.45) is 1.42. The molecule has 0 aromatic heterocycles. The molecular weight excluding hydrogens is 245 g/mol. The van der Waals surface area contributed by atoms with E-state index in [1.54, 1.807) is 12.1 Å². The third kappa shape index (κ3) is 2.57. The van der Waals surface area contributed by atoms with Gasteiger partial charge in [-0.05, 0) is 48.4 Å². The molecule has 0 saturated heterocycles. The number of aliphatic carboxylic acids is 1. The molecule has 2 rings (SSSR count). The number of carboxylic acid groups (broad SMARTS) is 1. The lowest BCUT2D eigenvalue weighted by atomic mass is 9.86. The topological polar surface area (TPSA) is 49.3 Å². The molecule has 0 spiro atoms. The van der Waals surface area contributed by atoms with Gasteiger partial charge in [0.15, 0.2) is 0 Å². The van der Waals surface area contributed by atoms with Crippen LogP contribution >= 0.6 is 0 Å². The standard InChI is InChI=1S/C15H20FNO2/c1-10-8-14(2,3)9-15(10,13(18)19)17-12-6-4-11(16)5-7-12/h4-7,10,17H,8-9H2,1-3H3,(H,18,19). The van der Waals surface area contributed by atoms with E-state index in [1.165, 1.54) is 12.1 Å². The van der Waals surface area contributed by atoms with Gasteiger partial charge in [-0.25, -0.2) is 9.18 Å². The molecule has 0 bridgehead atoms. The second-order valence-electron chi connectivity index (χ2n) is 6.35. The zero-order chi connectivity index (χ0) is 14.3. The largest absolute Gasteiger partial charge is 0.479 e. The Morgan fingerprint density at radius 1 is 1.37 bits per heavy atom. The van der Waals surface area contributed by atoms with Crippen LogP contribution in [0, 0.1) is 17.2 Å². The van der Waals surface area contributed by atoms with Crippen molar-refractivity contribution in [2.24, 2.45) is 11.3 Å². The van der Waals surface area contributed by atoms with Crippen molar-refractivity contribution < 1.29 is 14.3 Å². The number of carboxylic acids is 1. The van der Waals surface area contributed by atoms with E-state index in [9.17, 15) is 14.3 Å². The molecule has 3 nitrogen and oxygen atoms in total. The molecule has 1 aliphatic rings. The van der Waals surface area contributed by atoms with Crippen LogP contribution < -0.4 is 5.32 Å². The molecule has 2 N–H and O–H groups in total. The van der Waals surface area contributed by atoms with E-state index in [2.05, 4.69) is 19.2 Å². The molecular formula is C15H20FNO2. The van der Waals surface area contributed by atoms with Crippen LogP contribution in [0.15, 0.2) is 24.3 Å². The second kappa shape index (κ2) is 4.51. The highest BCUT2D eigenvalue weighted by molar-refractivity contribution is 5.84. The molecule has 1 aromatic carbocycles. The smallest absolute Gasteiger partial charge is 0.329 e. The summed E-state index contributed by atoms with van der Waals surface area (Å²) >= 11 is 0. The number of hydrogen-bond acceptors (Lipinski definition) is 2. The van der Waals surface area contributed by atoms with Gasteiger partial charge in [0.25, 0.3) is 0 Å². The fourth-order valence-corrected chi connectivity index (χ4v) is 3.30. The lowest BCUT2D eigenvalue weighted by Crippen LogP contribution is -2.49. The Bertz CT molecular complexity index is 483. The van der Waals surface area contributed by atoms with Crippen molar-refractivity contribution in [3.63, 3.8) is 0 Å². The van der Waals surface area contributed by atoms with Crippen molar-refractivity contribution in [1.82, 2.24) is 0 Å². The van der Waals surface area contributed by atoms with Crippen LogP contribution in [0.4, 0.5) is 10.1 Å². The first kappa shape index (κ1) is 13.8. The Morgan fingerprint density at radius 2 is 1.95 bits per heavy atom. The number of rotatable bonds is 3. The van der Waals surface area contributed by atoms with Crippen LogP contribution in [0.2, 0.25) is 0 Å². The maximum Gasteiger partial charge on any atom is 0.329 e. The molecule has 0 heterocycles. The van der Waals surface area contributed by atoms with Crippen LogP contribution in [0.25, 0.3) is 0 Å². The minimum Gasteiger partial charge on any atom is -0.479 e. The van der Waals surface area contributed by atoms with Crippen molar-refractivity contribution in [3.8, 4) is 0 Å². The van der Waals surface area contributed by atoms with Gasteiger partial charge in [-0.1, -0.05) is 20.8 Å². The molecule has 0 amide bonds. The van der Waals surface area contributed by atoms with Crippen LogP contribution in [0.5, 0.6) is 0 Å². The summed E-state index contributed by atoms with van der Waals surface area (Å²) in [5.41, 5.74) is -0.333. The summed E-state index contributed by atoms with van der Waals surface area (Å²) in [7, 11) is 0. The maximum absolute atomic E-state index is 12.9. The predicted molar refractivity (Wildman–Crippen MR) is 72.6 cm³/mol. The van der Waals surface area contributed by atoms with Gasteiger partial charge in [0, 0.05) is 5.69 Å². The molecule has 4 heteroatoms. The summed E-state index contributed by atoms with van der Waals surface area (Å²) < 4.78 is 12.9. The van der Waals surface area contributed by atoms with Gasteiger partial charge in [-0.15, -0.1) is 0 Å². The summed E-state index contributed by atoms with van der Waals surface area (Å²) in [5.74, 6) is -1.14. The number of carbonyl (C=O) groups is 1. The zero-order valence-corrected chi connectivity index (χ0v) is 11.5. The molecule has 0 aliphatic heterocycles. The monoisotopic (exact) mass is 265 g/mol. The Labute approximate surface area is 112 Å². The van der Waals surface area contributed by atoms with Gasteiger partial charge in [-0.3, -0.25) is 0 Å². The van der Waals surface area contributed by atoms with E-state index < -0.39 is 11.5 Å². The lowest BCUT2D eigenvalue weighted by Gasteiger charge is -2.32. The van der Waals surface area contributed by atoms with Crippen molar-refractivity contribution in [1.29, 1.82) is 0 Å². The van der Waals surface area contributed by atoms with Crippen molar-refractivity contribution >= 4 is 11.7 Å². The first-order valence-corrected chi connectivity index (χ1v) is 6.52. The third-order valence-corrected chi connectivity index (χ3v) is 4.05. The van der Waals surface area contributed by atoms with Gasteiger partial charge in [-0.2, -0.15) is 0 Å². The Kier molecular flexibility index (Phi) is 3.29. The van der Waals surface area contributed by atoms with Crippen molar-refractivity contribution in [2.45, 2.75) is 39.2 Å². The zero-order valence-electron chi connectivity index (χ0n) is 11.5. The maximum atomic E-state index is 12.9. The van der Waals surface area contributed by atoms with Gasteiger partial charge >= 0.3 is 5.97 Å². The molecule has 19 heavy (non-hydrogen) atoms. The third-order valence-electron chi connectivity index (χ3n) is 4.05. The SMILES string of the molecule is CC1CC(C)(C)CC1(Nc1ccc(F)cc1)C(=O)O. The fourth-order valence-electron chi connectivity index (χ4n) is 3.30. The molecule has 1 fully saturated rings. The predicted octanol–water partition coefficient (Wildman–Crippen LogP) is 3.52. The van der Waals surface area contributed by atoms with Crippen molar-refractivity contribution in [3.05, 3.63) is 30.1 Å². The highest BCUT2D eigenvalue weighted by Crippen LogP contribution is 2.49. The number of halogens is 1. The average Bonchev–Trinajstić information content (AvgIpc) is 2.53. The molecule has 2 unspecified atom stereocenters. The first-order chi connectivity index (χ1) is 8.75. The molecule has 104 valence electrons. The van der Waals surface area contributed by atoms with Gasteiger partial charge in [0.2, 0.25) is 0 Å². The molecule has 1 saturated carbocycles. The number of benzene rings is 1. The van der Waals surface area contributed by atoms with Gasteiger partial charge < -0.3 is 10.4 Å². The van der Waals surface area contributed by atoms with E-state index in [0.717, 1.165) is 6.42 Å². The highest BCUT2D eigenvalue weighted by atomic mass is 19.1. The second-order valence-corrected chi connectivity index (χ2v) is 6.35. The van der Waals surface area contributed by atoms with E-state index in [4.69, 9.17) is 0 Å². The number of anilines is 1. The quantitative estimate of drug-likeness (QED) is 0.879. The van der Waals surface area contributed by atoms with Crippen LogP contribution in [0.1, 0.15) is 33.6 Å². The molecule has 1 aromatic rings. The summed E-state index contributed by atoms with van der Waals surface area (Å²) in [5, 5.41) is 12.8. The molecule has 1 aliphatic carbocycles. The lowest BCUT2D eigenvalue weighted by molar-refractivity contribution is -0.143. The highest BCUT2D eigenvalue weighted by Gasteiger charge is 2.53. The summed E-state index contributed by atoms with van der Waals surface area (Å²) in [6, 6.07) is 5.83. The normalized spacial score (nSPS) is 29.2. The van der Waals surface area contributed by atoms with Crippen LogP contribution in [0.3, 0.4) is 0 Å². The molecule has 0 radical (unpaired) electrons. The summed E-state index contributed by atoms with van der Waals surface area (Å²) in [6.45, 7) is 6.13. The van der Waals surface area contributed by atoms with E-state index in [-0.39, 0.29) is 17.2 Å². The van der Waals surface area contributed by atoms with Gasteiger partial charge in [0.1, 0.15) is 11.4 Å². The first-order valence-electron chi connectivity index (χ1n) is 6.52. The minimum atomic E-state index is -0.971. The molecule has 2 atom stereocenters. The summed E-state index contributed by atoms with van der Waals surface area (Å²) in [4.78, 5) is 11.8. The average molecular weight is 265 g/mol. The van der Waals surface area contributed by atoms with Crippen LogP contribution in [-0.4, -0.2) is 16.6 Å². The fraction of sp³-hybridized carbons (Fsp3) is 0.533. The van der Waals surface area contributed by atoms with Gasteiger partial charge in [0.05, 0.1) is 0 Å². The van der Waals surface area contributed by atoms with E-state index in [1.807, 2.05) is 6.92 Å². The number of hydrogen-bond donors (Lipinski definition) is 2. The Morgan fingerprint density at radius 3 is 2.37 bits per heavy atom. The minimum absolute atomic E-state index is 0.00909. The number of nitrogens with one attached hydrogen (secondary N) is 1. The Hall–Kier alpha value is -1.58.